The molecule has 1 aromatic carbocycles. The molecule has 1 fully saturated rings. The van der Waals surface area contributed by atoms with Crippen LogP contribution in [0.25, 0.3) is 0 Å². The molecule has 0 radical (unpaired) electrons. The largest absolute Gasteiger partial charge is 0.489 e. The molecule has 1 aliphatic rings. The standard InChI is InChI=1S/C17H19NO4/c19-12-17(7-8-17)11-18-16(20)15-13(6-9-21-15)10-22-14-4-2-1-3-5-14/h1-6,9,19H,7-8,10-12H2,(H,18,20). The van der Waals surface area contributed by atoms with Crippen LogP contribution in [0.3, 0.4) is 0 Å². The van der Waals surface area contributed by atoms with Crippen molar-refractivity contribution < 1.29 is 19.1 Å². The zero-order valence-corrected chi connectivity index (χ0v) is 12.2. The van der Waals surface area contributed by atoms with Crippen LogP contribution < -0.4 is 10.1 Å². The summed E-state index contributed by atoms with van der Waals surface area (Å²) in [6, 6.07) is 11.1. The highest BCUT2D eigenvalue weighted by Gasteiger charge is 2.42. The number of amides is 1. The zero-order chi connectivity index (χ0) is 15.4. The summed E-state index contributed by atoms with van der Waals surface area (Å²) < 4.78 is 10.9. The van der Waals surface area contributed by atoms with E-state index in [1.165, 1.54) is 6.26 Å². The molecular formula is C17H19NO4. The molecule has 0 unspecified atom stereocenters. The molecule has 0 atom stereocenters. The highest BCUT2D eigenvalue weighted by Crippen LogP contribution is 2.44. The van der Waals surface area contributed by atoms with Gasteiger partial charge in [-0.25, -0.2) is 0 Å². The van der Waals surface area contributed by atoms with Gasteiger partial charge >= 0.3 is 0 Å². The molecule has 22 heavy (non-hydrogen) atoms. The van der Waals surface area contributed by atoms with E-state index in [0.717, 1.165) is 18.6 Å². The van der Waals surface area contributed by atoms with E-state index in [-0.39, 0.29) is 30.3 Å². The topological polar surface area (TPSA) is 71.7 Å². The number of aliphatic hydroxyl groups is 1. The van der Waals surface area contributed by atoms with Crippen LogP contribution >= 0.6 is 0 Å². The Morgan fingerprint density at radius 2 is 2.05 bits per heavy atom. The first-order valence-corrected chi connectivity index (χ1v) is 7.36. The minimum Gasteiger partial charge on any atom is -0.489 e. The molecule has 5 nitrogen and oxygen atoms in total. The van der Waals surface area contributed by atoms with Crippen LogP contribution in [0.4, 0.5) is 0 Å². The fourth-order valence-corrected chi connectivity index (χ4v) is 2.24. The van der Waals surface area contributed by atoms with Gasteiger partial charge in [0, 0.05) is 17.5 Å². The quantitative estimate of drug-likeness (QED) is 0.823. The van der Waals surface area contributed by atoms with Gasteiger partial charge in [-0.2, -0.15) is 0 Å². The molecule has 1 aromatic heterocycles. The average molecular weight is 301 g/mol. The molecular weight excluding hydrogens is 282 g/mol. The second kappa shape index (κ2) is 6.23. The maximum Gasteiger partial charge on any atom is 0.287 e. The Balaban J connectivity index is 1.58. The summed E-state index contributed by atoms with van der Waals surface area (Å²) >= 11 is 0. The molecule has 1 amide bonds. The molecule has 2 N–H and O–H groups in total. The molecule has 116 valence electrons. The zero-order valence-electron chi connectivity index (χ0n) is 12.2. The lowest BCUT2D eigenvalue weighted by atomic mass is 10.1. The maximum absolute atomic E-state index is 12.2. The number of rotatable bonds is 7. The predicted molar refractivity (Wildman–Crippen MR) is 80.6 cm³/mol. The lowest BCUT2D eigenvalue weighted by Crippen LogP contribution is -2.32. The van der Waals surface area contributed by atoms with Gasteiger partial charge in [0.1, 0.15) is 12.4 Å². The molecule has 1 heterocycles. The Kier molecular flexibility index (Phi) is 4.15. The predicted octanol–water partition coefficient (Wildman–Crippen LogP) is 2.36. The van der Waals surface area contributed by atoms with Crippen LogP contribution in [0.15, 0.2) is 47.1 Å². The number of furan rings is 1. The van der Waals surface area contributed by atoms with Gasteiger partial charge in [-0.1, -0.05) is 18.2 Å². The molecule has 2 aromatic rings. The smallest absolute Gasteiger partial charge is 0.287 e. The van der Waals surface area contributed by atoms with Crippen molar-refractivity contribution >= 4 is 5.91 Å². The Morgan fingerprint density at radius 3 is 2.73 bits per heavy atom. The van der Waals surface area contributed by atoms with Gasteiger partial charge in [-0.15, -0.1) is 0 Å². The Labute approximate surface area is 128 Å². The van der Waals surface area contributed by atoms with Crippen molar-refractivity contribution in [3.8, 4) is 5.75 Å². The van der Waals surface area contributed by atoms with E-state index < -0.39 is 0 Å². The van der Waals surface area contributed by atoms with E-state index in [1.807, 2.05) is 30.3 Å². The van der Waals surface area contributed by atoms with Gasteiger partial charge in [0.05, 0.1) is 12.9 Å². The molecule has 3 rings (SSSR count). The van der Waals surface area contributed by atoms with Crippen LogP contribution in [0.5, 0.6) is 5.75 Å². The Hall–Kier alpha value is -2.27. The van der Waals surface area contributed by atoms with Gasteiger partial charge < -0.3 is 19.6 Å². The Bertz CT molecular complexity index is 631. The number of ether oxygens (including phenoxy) is 1. The van der Waals surface area contributed by atoms with Crippen molar-refractivity contribution in [2.45, 2.75) is 19.4 Å². The SMILES string of the molecule is O=C(NCC1(CO)CC1)c1occc1COc1ccccc1. The van der Waals surface area contributed by atoms with E-state index in [1.54, 1.807) is 6.07 Å². The fraction of sp³-hybridized carbons (Fsp3) is 0.353. The van der Waals surface area contributed by atoms with E-state index in [2.05, 4.69) is 5.32 Å². The van der Waals surface area contributed by atoms with Crippen LogP contribution in [0.1, 0.15) is 29.0 Å². The molecule has 1 aliphatic carbocycles. The molecule has 0 spiro atoms. The lowest BCUT2D eigenvalue weighted by Gasteiger charge is -2.12. The second-order valence-electron chi connectivity index (χ2n) is 5.72. The molecule has 0 aliphatic heterocycles. The molecule has 5 heteroatoms. The Morgan fingerprint density at radius 1 is 1.27 bits per heavy atom. The van der Waals surface area contributed by atoms with E-state index in [0.29, 0.717) is 12.1 Å². The summed E-state index contributed by atoms with van der Waals surface area (Å²) in [5.74, 6) is 0.744. The molecule has 0 bridgehead atoms. The highest BCUT2D eigenvalue weighted by atomic mass is 16.5. The third-order valence-corrected chi connectivity index (χ3v) is 4.01. The van der Waals surface area contributed by atoms with Crippen molar-refractivity contribution in [1.82, 2.24) is 5.32 Å². The number of carbonyl (C=O) groups excluding carboxylic acids is 1. The van der Waals surface area contributed by atoms with Crippen molar-refractivity contribution in [3.63, 3.8) is 0 Å². The number of carbonyl (C=O) groups is 1. The third kappa shape index (κ3) is 3.31. The fourth-order valence-electron chi connectivity index (χ4n) is 2.24. The van der Waals surface area contributed by atoms with Gasteiger partial charge in [0.25, 0.3) is 5.91 Å². The van der Waals surface area contributed by atoms with Crippen LogP contribution in [-0.2, 0) is 6.61 Å². The van der Waals surface area contributed by atoms with Gasteiger partial charge in [0.2, 0.25) is 0 Å². The van der Waals surface area contributed by atoms with Crippen molar-refractivity contribution in [2.75, 3.05) is 13.2 Å². The van der Waals surface area contributed by atoms with Crippen LogP contribution in [0.2, 0.25) is 0 Å². The lowest BCUT2D eigenvalue weighted by molar-refractivity contribution is 0.0904. The number of aliphatic hydroxyl groups excluding tert-OH is 1. The van der Waals surface area contributed by atoms with Gasteiger partial charge in [-0.3, -0.25) is 4.79 Å². The van der Waals surface area contributed by atoms with Crippen molar-refractivity contribution in [3.05, 3.63) is 54.0 Å². The van der Waals surface area contributed by atoms with Gasteiger partial charge in [0.15, 0.2) is 5.76 Å². The minimum atomic E-state index is -0.267. The first-order valence-electron chi connectivity index (χ1n) is 7.36. The number of para-hydroxylation sites is 1. The normalized spacial score (nSPS) is 15.3. The number of benzene rings is 1. The number of hydrogen-bond acceptors (Lipinski definition) is 4. The second-order valence-corrected chi connectivity index (χ2v) is 5.72. The number of hydrogen-bond donors (Lipinski definition) is 2. The van der Waals surface area contributed by atoms with Crippen LogP contribution in [-0.4, -0.2) is 24.2 Å². The third-order valence-electron chi connectivity index (χ3n) is 4.01. The summed E-state index contributed by atoms with van der Waals surface area (Å²) in [6.45, 7) is 0.853. The summed E-state index contributed by atoms with van der Waals surface area (Å²) in [7, 11) is 0. The maximum atomic E-state index is 12.2. The van der Waals surface area contributed by atoms with Gasteiger partial charge in [-0.05, 0) is 31.0 Å². The minimum absolute atomic E-state index is 0.107. The summed E-state index contributed by atoms with van der Waals surface area (Å²) in [6.07, 6.45) is 3.38. The summed E-state index contributed by atoms with van der Waals surface area (Å²) in [5.41, 5.74) is 0.582. The molecule has 0 saturated heterocycles. The van der Waals surface area contributed by atoms with Crippen molar-refractivity contribution in [1.29, 1.82) is 0 Å². The first-order chi connectivity index (χ1) is 10.7. The van der Waals surface area contributed by atoms with Crippen LogP contribution in [0, 0.1) is 5.41 Å². The van der Waals surface area contributed by atoms with E-state index in [9.17, 15) is 9.90 Å². The monoisotopic (exact) mass is 301 g/mol. The average Bonchev–Trinajstić information content (AvgIpc) is 3.20. The number of nitrogens with one attached hydrogen (secondary N) is 1. The van der Waals surface area contributed by atoms with Crippen molar-refractivity contribution in [2.24, 2.45) is 5.41 Å². The highest BCUT2D eigenvalue weighted by molar-refractivity contribution is 5.92. The van der Waals surface area contributed by atoms with E-state index >= 15 is 0 Å². The summed E-state index contributed by atoms with van der Waals surface area (Å²) in [5, 5.41) is 12.1. The van der Waals surface area contributed by atoms with E-state index in [4.69, 9.17) is 9.15 Å². The molecule has 1 saturated carbocycles. The first kappa shape index (κ1) is 14.7. The summed E-state index contributed by atoms with van der Waals surface area (Å²) in [4.78, 5) is 12.2.